The zero-order chi connectivity index (χ0) is 17.8. The van der Waals surface area contributed by atoms with E-state index < -0.39 is 0 Å². The number of hydrogen-bond acceptors (Lipinski definition) is 3. The molecule has 0 spiro atoms. The number of carbonyl (C=O) groups is 2. The van der Waals surface area contributed by atoms with Gasteiger partial charge in [0.25, 0.3) is 11.8 Å². The summed E-state index contributed by atoms with van der Waals surface area (Å²) in [5.74, 6) is 0.349. The van der Waals surface area contributed by atoms with Crippen molar-refractivity contribution in [2.75, 3.05) is 6.54 Å². The van der Waals surface area contributed by atoms with Crippen LogP contribution in [0.2, 0.25) is 0 Å². The first-order valence-electron chi connectivity index (χ1n) is 9.12. The zero-order valence-electron chi connectivity index (χ0n) is 14.9. The Balaban J connectivity index is 1.82. The lowest BCUT2D eigenvalue weighted by Crippen LogP contribution is -2.34. The van der Waals surface area contributed by atoms with Gasteiger partial charge < -0.3 is 10.6 Å². The van der Waals surface area contributed by atoms with Gasteiger partial charge in [0, 0.05) is 18.8 Å². The van der Waals surface area contributed by atoms with E-state index in [9.17, 15) is 9.59 Å². The number of rotatable bonds is 6. The molecule has 0 bridgehead atoms. The van der Waals surface area contributed by atoms with Crippen LogP contribution < -0.4 is 10.6 Å². The van der Waals surface area contributed by atoms with E-state index in [0.29, 0.717) is 23.7 Å². The van der Waals surface area contributed by atoms with Crippen molar-refractivity contribution in [1.82, 2.24) is 20.0 Å². The number of hydrogen-bond donors (Lipinski definition) is 2. The highest BCUT2D eigenvalue weighted by Gasteiger charge is 2.24. The second kappa shape index (κ2) is 7.68. The molecule has 2 amide bonds. The van der Waals surface area contributed by atoms with E-state index >= 15 is 0 Å². The lowest BCUT2D eigenvalue weighted by Gasteiger charge is -2.10. The largest absolute Gasteiger partial charge is 0.351 e. The summed E-state index contributed by atoms with van der Waals surface area (Å²) < 4.78 is 1.70. The molecule has 6 nitrogen and oxygen atoms in total. The molecule has 2 aromatic heterocycles. The van der Waals surface area contributed by atoms with Crippen LogP contribution in [0.4, 0.5) is 0 Å². The molecule has 2 N–H and O–H groups in total. The van der Waals surface area contributed by atoms with Gasteiger partial charge in [0.15, 0.2) is 5.69 Å². The number of pyridine rings is 1. The van der Waals surface area contributed by atoms with E-state index in [1.807, 2.05) is 18.2 Å². The van der Waals surface area contributed by atoms with E-state index in [4.69, 9.17) is 0 Å². The number of aromatic nitrogens is 2. The third kappa shape index (κ3) is 4.00. The zero-order valence-corrected chi connectivity index (χ0v) is 14.9. The minimum atomic E-state index is -0.232. The smallest absolute Gasteiger partial charge is 0.287 e. The van der Waals surface area contributed by atoms with Crippen molar-refractivity contribution in [1.29, 1.82) is 0 Å². The molecule has 2 heterocycles. The van der Waals surface area contributed by atoms with Crippen LogP contribution in [0, 0.1) is 5.92 Å². The predicted octanol–water partition coefficient (Wildman–Crippen LogP) is 2.78. The Bertz CT molecular complexity index is 760. The predicted molar refractivity (Wildman–Crippen MR) is 96.7 cm³/mol. The maximum absolute atomic E-state index is 12.6. The van der Waals surface area contributed by atoms with Crippen LogP contribution in [0.3, 0.4) is 0 Å². The number of imidazole rings is 1. The topological polar surface area (TPSA) is 75.5 Å². The number of nitrogens with zero attached hydrogens (tertiary/aromatic N) is 2. The summed E-state index contributed by atoms with van der Waals surface area (Å²) in [4.78, 5) is 29.5. The van der Waals surface area contributed by atoms with Crippen molar-refractivity contribution in [3.63, 3.8) is 0 Å². The quantitative estimate of drug-likeness (QED) is 0.847. The number of carbonyl (C=O) groups excluding carboxylic acids is 2. The standard InChI is InChI=1S/C19H26N4O2/c1-13(2)10-11-20-18(24)16-15-9-5-6-12-23(15)17(22-16)19(25)21-14-7-3-4-8-14/h5-6,9,12-14H,3-4,7-8,10-11H2,1-2H3,(H,20,24)(H,21,25). The molecule has 3 rings (SSSR count). The minimum Gasteiger partial charge on any atom is -0.351 e. The minimum absolute atomic E-state index is 0.214. The van der Waals surface area contributed by atoms with Crippen LogP contribution in [0.5, 0.6) is 0 Å². The Kier molecular flexibility index (Phi) is 5.36. The molecule has 1 fully saturated rings. The molecule has 0 unspecified atom stereocenters. The second-order valence-corrected chi connectivity index (χ2v) is 7.13. The maximum Gasteiger partial charge on any atom is 0.287 e. The molecule has 0 radical (unpaired) electrons. The normalized spacial score (nSPS) is 15.0. The van der Waals surface area contributed by atoms with Crippen LogP contribution >= 0.6 is 0 Å². The van der Waals surface area contributed by atoms with E-state index in [2.05, 4.69) is 29.5 Å². The van der Waals surface area contributed by atoms with Gasteiger partial charge in [-0.2, -0.15) is 0 Å². The van der Waals surface area contributed by atoms with E-state index in [-0.39, 0.29) is 23.7 Å². The Morgan fingerprint density at radius 1 is 1.24 bits per heavy atom. The van der Waals surface area contributed by atoms with Gasteiger partial charge in [-0.25, -0.2) is 4.98 Å². The molecule has 2 aromatic rings. The molecule has 1 aliphatic rings. The first-order chi connectivity index (χ1) is 12.1. The molecular weight excluding hydrogens is 316 g/mol. The van der Waals surface area contributed by atoms with Crippen molar-refractivity contribution in [3.05, 3.63) is 35.9 Å². The fraction of sp³-hybridized carbons (Fsp3) is 0.526. The van der Waals surface area contributed by atoms with Gasteiger partial charge in [-0.1, -0.05) is 32.8 Å². The highest BCUT2D eigenvalue weighted by Crippen LogP contribution is 2.19. The van der Waals surface area contributed by atoms with Crippen molar-refractivity contribution < 1.29 is 9.59 Å². The lowest BCUT2D eigenvalue weighted by molar-refractivity contribution is 0.0926. The highest BCUT2D eigenvalue weighted by atomic mass is 16.2. The summed E-state index contributed by atoms with van der Waals surface area (Å²) in [6.45, 7) is 4.83. The Morgan fingerprint density at radius 2 is 2.00 bits per heavy atom. The summed E-state index contributed by atoms with van der Waals surface area (Å²) in [6, 6.07) is 5.71. The number of fused-ring (bicyclic) bond motifs is 1. The third-order valence-corrected chi connectivity index (χ3v) is 4.66. The second-order valence-electron chi connectivity index (χ2n) is 7.13. The van der Waals surface area contributed by atoms with Crippen LogP contribution in [0.25, 0.3) is 5.52 Å². The SMILES string of the molecule is CC(C)CCNC(=O)c1nc(C(=O)NC2CCCC2)n2ccccc12. The maximum atomic E-state index is 12.6. The molecule has 1 saturated carbocycles. The average molecular weight is 342 g/mol. The number of nitrogens with one attached hydrogen (secondary N) is 2. The Labute approximate surface area is 148 Å². The molecule has 25 heavy (non-hydrogen) atoms. The molecule has 0 aliphatic heterocycles. The third-order valence-electron chi connectivity index (χ3n) is 4.66. The molecular formula is C19H26N4O2. The summed E-state index contributed by atoms with van der Waals surface area (Å²) >= 11 is 0. The first-order valence-corrected chi connectivity index (χ1v) is 9.12. The fourth-order valence-corrected chi connectivity index (χ4v) is 3.24. The molecule has 1 aliphatic carbocycles. The van der Waals surface area contributed by atoms with Crippen LogP contribution in [-0.2, 0) is 0 Å². The van der Waals surface area contributed by atoms with Crippen molar-refractivity contribution in [3.8, 4) is 0 Å². The van der Waals surface area contributed by atoms with Gasteiger partial charge in [0.2, 0.25) is 5.82 Å². The van der Waals surface area contributed by atoms with Gasteiger partial charge in [0.1, 0.15) is 0 Å². The molecule has 6 heteroatoms. The van der Waals surface area contributed by atoms with Crippen LogP contribution in [0.1, 0.15) is 67.1 Å². The van der Waals surface area contributed by atoms with E-state index in [0.717, 1.165) is 32.1 Å². The van der Waals surface area contributed by atoms with Gasteiger partial charge in [0.05, 0.1) is 5.52 Å². The monoisotopic (exact) mass is 342 g/mol. The van der Waals surface area contributed by atoms with Crippen LogP contribution in [-0.4, -0.2) is 33.8 Å². The Morgan fingerprint density at radius 3 is 2.72 bits per heavy atom. The highest BCUT2D eigenvalue weighted by molar-refractivity contribution is 6.02. The Hall–Kier alpha value is -2.37. The summed E-state index contributed by atoms with van der Waals surface area (Å²) in [6.07, 6.45) is 7.01. The van der Waals surface area contributed by atoms with Gasteiger partial charge in [-0.15, -0.1) is 0 Å². The van der Waals surface area contributed by atoms with Gasteiger partial charge in [-0.3, -0.25) is 14.0 Å². The van der Waals surface area contributed by atoms with E-state index in [1.165, 1.54) is 0 Å². The van der Waals surface area contributed by atoms with Gasteiger partial charge in [-0.05, 0) is 37.3 Å². The molecule has 0 atom stereocenters. The fourth-order valence-electron chi connectivity index (χ4n) is 3.24. The molecule has 134 valence electrons. The van der Waals surface area contributed by atoms with Crippen molar-refractivity contribution in [2.24, 2.45) is 5.92 Å². The average Bonchev–Trinajstić information content (AvgIpc) is 3.21. The number of amides is 2. The lowest BCUT2D eigenvalue weighted by atomic mass is 10.1. The summed E-state index contributed by atoms with van der Waals surface area (Å²) in [5.41, 5.74) is 0.960. The van der Waals surface area contributed by atoms with Crippen LogP contribution in [0.15, 0.2) is 24.4 Å². The molecule has 0 saturated heterocycles. The summed E-state index contributed by atoms with van der Waals surface area (Å²) in [7, 11) is 0. The van der Waals surface area contributed by atoms with Crippen molar-refractivity contribution in [2.45, 2.75) is 52.0 Å². The van der Waals surface area contributed by atoms with Crippen molar-refractivity contribution >= 4 is 17.3 Å². The summed E-state index contributed by atoms with van der Waals surface area (Å²) in [5, 5.41) is 5.95. The molecule has 0 aromatic carbocycles. The first kappa shape index (κ1) is 17.5. The van der Waals surface area contributed by atoms with Gasteiger partial charge >= 0.3 is 0 Å². The van der Waals surface area contributed by atoms with E-state index in [1.54, 1.807) is 10.6 Å².